The van der Waals surface area contributed by atoms with Gasteiger partial charge >= 0.3 is 12.8 Å². The van der Waals surface area contributed by atoms with Gasteiger partial charge in [0.2, 0.25) is 0 Å². The lowest BCUT2D eigenvalue weighted by atomic mass is 9.76. The minimum Gasteiger partial charge on any atom is -0.434 e. The number of anilines is 1. The van der Waals surface area contributed by atoms with Crippen molar-refractivity contribution < 1.29 is 44.7 Å². The van der Waals surface area contributed by atoms with Crippen LogP contribution in [0.1, 0.15) is 36.7 Å². The summed E-state index contributed by atoms with van der Waals surface area (Å²) in [6, 6.07) is 7.51. The first kappa shape index (κ1) is 30.3. The van der Waals surface area contributed by atoms with E-state index in [4.69, 9.17) is 0 Å². The van der Waals surface area contributed by atoms with Crippen molar-refractivity contribution in [1.82, 2.24) is 4.98 Å². The average molecular weight is 625 g/mol. The Kier molecular flexibility index (Phi) is 8.63. The summed E-state index contributed by atoms with van der Waals surface area (Å²) in [6.45, 7) is -1.76. The van der Waals surface area contributed by atoms with E-state index in [-0.39, 0.29) is 31.6 Å². The van der Waals surface area contributed by atoms with Crippen molar-refractivity contribution in [3.8, 4) is 16.9 Å². The normalized spacial score (nSPS) is 13.8. The molecule has 0 fully saturated rings. The molecule has 2 aromatic carbocycles. The molecule has 0 saturated carbocycles. The fourth-order valence-electron chi connectivity index (χ4n) is 3.98. The van der Waals surface area contributed by atoms with Gasteiger partial charge in [-0.3, -0.25) is 9.78 Å². The second-order valence-electron chi connectivity index (χ2n) is 8.64. The van der Waals surface area contributed by atoms with Crippen LogP contribution >= 0.6 is 15.9 Å². The largest absolute Gasteiger partial charge is 0.434 e. The molecule has 1 aromatic heterocycles. The summed E-state index contributed by atoms with van der Waals surface area (Å²) in [7, 11) is 0. The zero-order valence-corrected chi connectivity index (χ0v) is 22.2. The summed E-state index contributed by atoms with van der Waals surface area (Å²) in [5.41, 5.74) is -5.88. The fraction of sp³-hybridized carbons (Fsp3) is 0.308. The molecule has 0 radical (unpaired) electrons. The van der Waals surface area contributed by atoms with Crippen LogP contribution in [0.15, 0.2) is 59.3 Å². The Morgan fingerprint density at radius 3 is 2.18 bits per heavy atom. The van der Waals surface area contributed by atoms with Crippen LogP contribution in [-0.2, 0) is 5.41 Å². The fourth-order valence-corrected chi connectivity index (χ4v) is 4.64. The summed E-state index contributed by atoms with van der Waals surface area (Å²) in [6.07, 6.45) is -2.79. The molecule has 1 heterocycles. The van der Waals surface area contributed by atoms with Gasteiger partial charge in [0.1, 0.15) is 5.75 Å². The van der Waals surface area contributed by atoms with Crippen LogP contribution < -0.4 is 9.64 Å². The summed E-state index contributed by atoms with van der Waals surface area (Å²) in [4.78, 5) is 17.9. The second-order valence-corrected chi connectivity index (χ2v) is 9.50. The number of pyridine rings is 1. The van der Waals surface area contributed by atoms with Crippen LogP contribution in [-0.4, -0.2) is 36.1 Å². The lowest BCUT2D eigenvalue weighted by molar-refractivity contribution is -0.248. The average Bonchev–Trinajstić information content (AvgIpc) is 2.84. The van der Waals surface area contributed by atoms with Crippen LogP contribution in [0.4, 0.5) is 40.8 Å². The molecule has 0 aliphatic rings. The Morgan fingerprint density at radius 1 is 1.05 bits per heavy atom. The zero-order valence-electron chi connectivity index (χ0n) is 20.6. The summed E-state index contributed by atoms with van der Waals surface area (Å²) in [5.74, 6) is -7.06. The zero-order chi connectivity index (χ0) is 29.3. The van der Waals surface area contributed by atoms with Crippen LogP contribution in [0.2, 0.25) is 0 Å². The van der Waals surface area contributed by atoms with E-state index >= 15 is 4.39 Å². The predicted octanol–water partition coefficient (Wildman–Crippen LogP) is 8.39. The number of hydrogen-bond acceptors (Lipinski definition) is 3. The van der Waals surface area contributed by atoms with Crippen molar-refractivity contribution in [2.45, 2.75) is 44.9 Å². The van der Waals surface area contributed by atoms with Crippen molar-refractivity contribution in [3.63, 3.8) is 0 Å². The maximum atomic E-state index is 15.9. The molecule has 0 aliphatic carbocycles. The second kappa shape index (κ2) is 11.1. The first-order valence-corrected chi connectivity index (χ1v) is 12.1. The summed E-state index contributed by atoms with van der Waals surface area (Å²) in [5, 5.41) is 0. The monoisotopic (exact) mass is 624 g/mol. The van der Waals surface area contributed by atoms with E-state index in [9.17, 15) is 35.5 Å². The first-order valence-electron chi connectivity index (χ1n) is 11.3. The van der Waals surface area contributed by atoms with E-state index in [0.29, 0.717) is 12.1 Å². The minimum absolute atomic E-state index is 0.0163. The molecule has 0 saturated heterocycles. The van der Waals surface area contributed by atoms with Gasteiger partial charge in [-0.2, -0.15) is 22.0 Å². The van der Waals surface area contributed by atoms with Gasteiger partial charge in [0.15, 0.2) is 11.2 Å². The van der Waals surface area contributed by atoms with Gasteiger partial charge in [0.25, 0.3) is 11.8 Å². The molecule has 1 amide bonds. The Balaban J connectivity index is 2.26. The van der Waals surface area contributed by atoms with Gasteiger partial charge in [0.05, 0.1) is 5.69 Å². The number of nitrogens with zero attached hydrogens (tertiary/aromatic N) is 2. The number of ether oxygens (including phenoxy) is 1. The number of aromatic nitrogens is 1. The molecule has 0 spiro atoms. The number of rotatable bonds is 8. The number of hydrogen-bond donors (Lipinski definition) is 0. The van der Waals surface area contributed by atoms with E-state index < -0.39 is 62.8 Å². The third-order valence-corrected chi connectivity index (χ3v) is 6.94. The van der Waals surface area contributed by atoms with Gasteiger partial charge in [0, 0.05) is 47.0 Å². The highest BCUT2D eigenvalue weighted by atomic mass is 79.9. The molecule has 210 valence electrons. The van der Waals surface area contributed by atoms with Crippen LogP contribution in [0.3, 0.4) is 0 Å². The highest BCUT2D eigenvalue weighted by Crippen LogP contribution is 2.53. The number of carbonyl (C=O) groups excluding carboxylic acids is 1. The molecular weight excluding hydrogens is 604 g/mol. The molecule has 1 unspecified atom stereocenters. The standard InChI is InChI=1S/C26H21BrF8N2O2/c1-4-37(22(38)14-8-10-36-11-9-14)18-7-5-6-16(21(18)28)20-17(27)12-15(13-19(20)39-23(29)30)24(2,25(3,31)32)26(33,34)35/h5-13,23H,4H2,1-3H3. The van der Waals surface area contributed by atoms with E-state index in [0.717, 1.165) is 11.0 Å². The van der Waals surface area contributed by atoms with E-state index in [2.05, 4.69) is 25.7 Å². The van der Waals surface area contributed by atoms with Gasteiger partial charge in [-0.15, -0.1) is 0 Å². The van der Waals surface area contributed by atoms with Crippen LogP contribution in [0, 0.1) is 5.82 Å². The smallest absolute Gasteiger partial charge is 0.403 e. The Hall–Kier alpha value is -3.22. The number of amides is 1. The maximum Gasteiger partial charge on any atom is 0.403 e. The van der Waals surface area contributed by atoms with Crippen molar-refractivity contribution >= 4 is 27.5 Å². The van der Waals surface area contributed by atoms with Gasteiger partial charge in [-0.1, -0.05) is 28.1 Å². The van der Waals surface area contributed by atoms with Crippen molar-refractivity contribution in [3.05, 3.63) is 76.3 Å². The molecule has 3 rings (SSSR count). The molecular formula is C26H21BrF8N2O2. The predicted molar refractivity (Wildman–Crippen MR) is 132 cm³/mol. The van der Waals surface area contributed by atoms with Gasteiger partial charge < -0.3 is 9.64 Å². The Morgan fingerprint density at radius 2 is 1.67 bits per heavy atom. The van der Waals surface area contributed by atoms with E-state index in [1.807, 2.05) is 0 Å². The quantitative estimate of drug-likeness (QED) is 0.236. The van der Waals surface area contributed by atoms with Crippen molar-refractivity contribution in [2.75, 3.05) is 11.4 Å². The number of benzene rings is 2. The Bertz CT molecular complexity index is 1330. The van der Waals surface area contributed by atoms with Crippen molar-refractivity contribution in [2.24, 2.45) is 0 Å². The van der Waals surface area contributed by atoms with Crippen LogP contribution in [0.5, 0.6) is 5.75 Å². The lowest BCUT2D eigenvalue weighted by Gasteiger charge is -2.38. The minimum atomic E-state index is -5.51. The highest BCUT2D eigenvalue weighted by molar-refractivity contribution is 9.10. The molecule has 13 heteroatoms. The topological polar surface area (TPSA) is 42.4 Å². The van der Waals surface area contributed by atoms with E-state index in [1.165, 1.54) is 36.7 Å². The molecule has 0 bridgehead atoms. The Labute approximate surface area is 226 Å². The number of halogens is 9. The third kappa shape index (κ3) is 5.73. The number of alkyl halides is 7. The SMILES string of the molecule is CCN(C(=O)c1ccncc1)c1cccc(-c2c(Br)cc(C(C)(C(C)(F)F)C(F)(F)F)cc2OC(F)F)c1F. The van der Waals surface area contributed by atoms with Crippen molar-refractivity contribution in [1.29, 1.82) is 0 Å². The molecule has 1 atom stereocenters. The maximum absolute atomic E-state index is 15.9. The lowest BCUT2D eigenvalue weighted by Crippen LogP contribution is -2.52. The number of carbonyl (C=O) groups is 1. The molecule has 4 nitrogen and oxygen atoms in total. The van der Waals surface area contributed by atoms with E-state index in [1.54, 1.807) is 6.92 Å². The first-order chi connectivity index (χ1) is 18.0. The molecule has 39 heavy (non-hydrogen) atoms. The molecule has 3 aromatic rings. The van der Waals surface area contributed by atoms with Crippen LogP contribution in [0.25, 0.3) is 11.1 Å². The molecule has 0 aliphatic heterocycles. The summed E-state index contributed by atoms with van der Waals surface area (Å²) >= 11 is 2.94. The third-order valence-electron chi connectivity index (χ3n) is 6.32. The van der Waals surface area contributed by atoms with Gasteiger partial charge in [-0.25, -0.2) is 13.2 Å². The molecule has 0 N–H and O–H groups in total. The summed E-state index contributed by atoms with van der Waals surface area (Å²) < 4.78 is 117. The van der Waals surface area contributed by atoms with Gasteiger partial charge in [-0.05, 0) is 49.7 Å². The highest BCUT2D eigenvalue weighted by Gasteiger charge is 2.65.